The summed E-state index contributed by atoms with van der Waals surface area (Å²) in [4.78, 5) is 0. The molecule has 1 aromatic carbocycles. The molecule has 16 heavy (non-hydrogen) atoms. The average molecular weight is 251 g/mol. The number of hydrogen-bond acceptors (Lipinski definition) is 0. The molecule has 0 aliphatic rings. The van der Waals surface area contributed by atoms with Crippen LogP contribution >= 0.6 is 0 Å². The monoisotopic (exact) mass is 250 g/mol. The second-order valence-corrected chi connectivity index (χ2v) is 11.3. The Hall–Kier alpha value is -0.346. The molecule has 0 saturated heterocycles. The minimum absolute atomic E-state index is 0.598. The fourth-order valence-electron chi connectivity index (χ4n) is 2.33. The van der Waals surface area contributed by atoms with Gasteiger partial charge in [0, 0.05) is 0 Å². The molecule has 0 nitrogen and oxygen atoms in total. The van der Waals surface area contributed by atoms with Gasteiger partial charge in [0.15, 0.2) is 0 Å². The molecule has 0 unspecified atom stereocenters. The summed E-state index contributed by atoms with van der Waals surface area (Å²) in [6.07, 6.45) is 2.72. The van der Waals surface area contributed by atoms with E-state index >= 15 is 0 Å². The maximum atomic E-state index is 2.44. The van der Waals surface area contributed by atoms with Crippen LogP contribution < -0.4 is 10.4 Å². The highest BCUT2D eigenvalue weighted by Gasteiger charge is 2.11. The quantitative estimate of drug-likeness (QED) is 0.681. The third kappa shape index (κ3) is 3.91. The molecule has 0 fully saturated rings. The van der Waals surface area contributed by atoms with Gasteiger partial charge in [0.05, 0.1) is 17.6 Å². The van der Waals surface area contributed by atoms with Gasteiger partial charge >= 0.3 is 0 Å². The van der Waals surface area contributed by atoms with Crippen LogP contribution in [0.3, 0.4) is 0 Å². The van der Waals surface area contributed by atoms with E-state index in [1.165, 1.54) is 24.9 Å². The summed E-state index contributed by atoms with van der Waals surface area (Å²) in [5, 5.41) is 3.31. The number of benzene rings is 1. The summed E-state index contributed by atoms with van der Waals surface area (Å²) < 4.78 is 0. The Labute approximate surface area is 104 Å². The van der Waals surface area contributed by atoms with E-state index in [4.69, 9.17) is 0 Å². The van der Waals surface area contributed by atoms with Crippen LogP contribution in [-0.2, 0) is 0 Å². The first-order valence-corrected chi connectivity index (χ1v) is 11.9. The zero-order valence-corrected chi connectivity index (χ0v) is 13.6. The summed E-state index contributed by atoms with van der Waals surface area (Å²) in [7, 11) is -1.23. The minimum Gasteiger partial charge on any atom is -0.0682 e. The minimum atomic E-state index is -0.629. The van der Waals surface area contributed by atoms with E-state index in [2.05, 4.69) is 51.2 Å². The summed E-state index contributed by atoms with van der Waals surface area (Å²) >= 11 is 0. The molecule has 0 N–H and O–H groups in total. The topological polar surface area (TPSA) is 0 Å². The maximum absolute atomic E-state index is 2.44. The Morgan fingerprint density at radius 2 is 1.25 bits per heavy atom. The lowest BCUT2D eigenvalue weighted by atomic mass is 10.4. The van der Waals surface area contributed by atoms with Crippen LogP contribution in [0, 0.1) is 0 Å². The molecule has 0 bridgehead atoms. The van der Waals surface area contributed by atoms with Crippen LogP contribution in [0.2, 0.25) is 25.2 Å². The van der Waals surface area contributed by atoms with Crippen molar-refractivity contribution in [2.45, 2.75) is 51.9 Å². The van der Waals surface area contributed by atoms with Gasteiger partial charge in [-0.15, -0.1) is 0 Å². The molecule has 0 aromatic heterocycles. The van der Waals surface area contributed by atoms with Gasteiger partial charge in [0.2, 0.25) is 0 Å². The Bertz CT molecular complexity index is 284. The van der Waals surface area contributed by atoms with Gasteiger partial charge < -0.3 is 0 Å². The predicted octanol–water partition coefficient (Wildman–Crippen LogP) is 2.63. The first-order chi connectivity index (χ1) is 7.69. The highest BCUT2D eigenvalue weighted by atomic mass is 28.3. The van der Waals surface area contributed by atoms with Gasteiger partial charge in [-0.1, -0.05) is 86.5 Å². The first-order valence-electron chi connectivity index (χ1n) is 6.78. The van der Waals surface area contributed by atoms with Gasteiger partial charge in [0.1, 0.15) is 0 Å². The number of hydrogen-bond donors (Lipinski definition) is 0. The Balaban J connectivity index is 2.76. The molecular formula is C14H26Si2. The molecular weight excluding hydrogens is 224 g/mol. The normalized spacial score (nSPS) is 11.4. The van der Waals surface area contributed by atoms with Crippen molar-refractivity contribution in [2.24, 2.45) is 0 Å². The lowest BCUT2D eigenvalue weighted by molar-refractivity contribution is 1.01. The second-order valence-electron chi connectivity index (χ2n) is 5.10. The van der Waals surface area contributed by atoms with E-state index in [1.807, 2.05) is 0 Å². The largest absolute Gasteiger partial charge is 0.0708 e. The zero-order chi connectivity index (χ0) is 12.0. The summed E-state index contributed by atoms with van der Waals surface area (Å²) in [5.41, 5.74) is 0. The molecule has 0 aliphatic heterocycles. The highest BCUT2D eigenvalue weighted by molar-refractivity contribution is 6.74. The van der Waals surface area contributed by atoms with Crippen molar-refractivity contribution in [3.8, 4) is 0 Å². The molecule has 0 saturated carbocycles. The summed E-state index contributed by atoms with van der Waals surface area (Å²) in [6.45, 7) is 9.46. The van der Waals surface area contributed by atoms with E-state index in [-0.39, 0.29) is 0 Å². The maximum Gasteiger partial charge on any atom is 0.0708 e. The van der Waals surface area contributed by atoms with Gasteiger partial charge in [-0.3, -0.25) is 0 Å². The predicted molar refractivity (Wildman–Crippen MR) is 81.9 cm³/mol. The fourth-order valence-corrected chi connectivity index (χ4v) is 6.38. The summed E-state index contributed by atoms with van der Waals surface area (Å²) in [5.74, 6) is 0. The summed E-state index contributed by atoms with van der Waals surface area (Å²) in [6, 6.07) is 12.6. The van der Waals surface area contributed by atoms with Crippen molar-refractivity contribution in [1.29, 1.82) is 0 Å². The molecule has 0 radical (unpaired) electrons. The molecule has 0 aliphatic carbocycles. The zero-order valence-electron chi connectivity index (χ0n) is 11.3. The number of rotatable bonds is 6. The van der Waals surface area contributed by atoms with Crippen LogP contribution in [-0.4, -0.2) is 17.6 Å². The van der Waals surface area contributed by atoms with E-state index < -0.39 is 17.6 Å². The molecule has 90 valence electrons. The SMILES string of the molecule is CCC[SiH](CCC)c1ccc([SiH](C)C)cc1. The Morgan fingerprint density at radius 1 is 0.812 bits per heavy atom. The van der Waals surface area contributed by atoms with E-state index in [9.17, 15) is 0 Å². The molecule has 1 aromatic rings. The standard InChI is InChI=1S/C14H26Si2/c1-5-11-16(12-6-2)14-9-7-13(8-10-14)15(3)4/h7-10,15-16H,5-6,11-12H2,1-4H3. The molecule has 0 spiro atoms. The van der Waals surface area contributed by atoms with Crippen LogP contribution in [0.5, 0.6) is 0 Å². The van der Waals surface area contributed by atoms with Crippen LogP contribution in [0.15, 0.2) is 24.3 Å². The third-order valence-electron chi connectivity index (χ3n) is 3.35. The van der Waals surface area contributed by atoms with E-state index in [1.54, 1.807) is 10.4 Å². The second kappa shape index (κ2) is 7.07. The van der Waals surface area contributed by atoms with Crippen LogP contribution in [0.1, 0.15) is 26.7 Å². The van der Waals surface area contributed by atoms with Crippen molar-refractivity contribution in [3.63, 3.8) is 0 Å². The van der Waals surface area contributed by atoms with Crippen molar-refractivity contribution in [2.75, 3.05) is 0 Å². The molecule has 0 heterocycles. The van der Waals surface area contributed by atoms with E-state index in [0.29, 0.717) is 0 Å². The van der Waals surface area contributed by atoms with Crippen LogP contribution in [0.25, 0.3) is 0 Å². The Kier molecular flexibility index (Phi) is 6.06. The van der Waals surface area contributed by atoms with Gasteiger partial charge in [-0.05, 0) is 0 Å². The first kappa shape index (κ1) is 13.7. The molecule has 0 atom stereocenters. The third-order valence-corrected chi connectivity index (χ3v) is 8.94. The van der Waals surface area contributed by atoms with Crippen molar-refractivity contribution >= 4 is 28.0 Å². The van der Waals surface area contributed by atoms with Gasteiger partial charge in [-0.25, -0.2) is 0 Å². The smallest absolute Gasteiger partial charge is 0.0682 e. The van der Waals surface area contributed by atoms with Crippen LogP contribution in [0.4, 0.5) is 0 Å². The van der Waals surface area contributed by atoms with Crippen molar-refractivity contribution in [3.05, 3.63) is 24.3 Å². The Morgan fingerprint density at radius 3 is 1.62 bits per heavy atom. The molecule has 2 heteroatoms. The fraction of sp³-hybridized carbons (Fsp3) is 0.571. The van der Waals surface area contributed by atoms with Crippen molar-refractivity contribution < 1.29 is 0 Å². The molecule has 1 rings (SSSR count). The average Bonchev–Trinajstić information content (AvgIpc) is 2.29. The van der Waals surface area contributed by atoms with E-state index in [0.717, 1.165) is 0 Å². The van der Waals surface area contributed by atoms with Gasteiger partial charge in [-0.2, -0.15) is 0 Å². The highest BCUT2D eigenvalue weighted by Crippen LogP contribution is 2.06. The lowest BCUT2D eigenvalue weighted by Gasteiger charge is -2.15. The van der Waals surface area contributed by atoms with Crippen molar-refractivity contribution in [1.82, 2.24) is 0 Å². The van der Waals surface area contributed by atoms with Gasteiger partial charge in [0.25, 0.3) is 0 Å². The molecule has 0 amide bonds. The lowest BCUT2D eigenvalue weighted by Crippen LogP contribution is -2.32.